The number of ketones is 1. The van der Waals surface area contributed by atoms with Gasteiger partial charge >= 0.3 is 5.97 Å². The molecule has 0 unspecified atom stereocenters. The Bertz CT molecular complexity index is 535. The molecule has 112 valence electrons. The van der Waals surface area contributed by atoms with Crippen LogP contribution in [-0.2, 0) is 9.53 Å². The van der Waals surface area contributed by atoms with Crippen LogP contribution in [-0.4, -0.2) is 17.9 Å². The second kappa shape index (κ2) is 6.30. The van der Waals surface area contributed by atoms with E-state index in [2.05, 4.69) is 15.9 Å². The number of carbonyl (C=O) groups excluding carboxylic acids is 2. The first-order valence-corrected chi connectivity index (χ1v) is 8.44. The molecule has 2 saturated carbocycles. The zero-order valence-corrected chi connectivity index (χ0v) is 13.5. The van der Waals surface area contributed by atoms with Gasteiger partial charge in [0.05, 0.1) is 11.5 Å². The first-order chi connectivity index (χ1) is 10.1. The number of benzene rings is 1. The second-order valence-corrected chi connectivity index (χ2v) is 6.94. The average molecular weight is 351 g/mol. The Morgan fingerprint density at radius 1 is 1.10 bits per heavy atom. The lowest BCUT2D eigenvalue weighted by Crippen LogP contribution is -2.43. The van der Waals surface area contributed by atoms with E-state index in [0.29, 0.717) is 23.7 Å². The fourth-order valence-corrected chi connectivity index (χ4v) is 3.93. The summed E-state index contributed by atoms with van der Waals surface area (Å²) in [7, 11) is 0. The SMILES string of the molecule is O=C(O[C@@H]1CCC[C@@H]2CCCC(=O)[C@@H]21)c1ccc(Br)cc1. The van der Waals surface area contributed by atoms with Gasteiger partial charge < -0.3 is 4.74 Å². The zero-order valence-electron chi connectivity index (χ0n) is 11.9. The topological polar surface area (TPSA) is 43.4 Å². The number of halogens is 1. The Balaban J connectivity index is 1.72. The molecular weight excluding hydrogens is 332 g/mol. The molecule has 0 bridgehead atoms. The fraction of sp³-hybridized carbons (Fsp3) is 0.529. The van der Waals surface area contributed by atoms with Crippen LogP contribution in [0, 0.1) is 11.8 Å². The van der Waals surface area contributed by atoms with Crippen LogP contribution in [0.5, 0.6) is 0 Å². The molecule has 2 aliphatic carbocycles. The molecule has 0 radical (unpaired) electrons. The van der Waals surface area contributed by atoms with Crippen LogP contribution < -0.4 is 0 Å². The molecule has 0 saturated heterocycles. The highest BCUT2D eigenvalue weighted by Crippen LogP contribution is 2.40. The Morgan fingerprint density at radius 2 is 1.81 bits per heavy atom. The van der Waals surface area contributed by atoms with E-state index in [0.717, 1.165) is 36.6 Å². The number of esters is 1. The Morgan fingerprint density at radius 3 is 2.57 bits per heavy atom. The van der Waals surface area contributed by atoms with Gasteiger partial charge in [-0.1, -0.05) is 15.9 Å². The van der Waals surface area contributed by atoms with Crippen LogP contribution in [0.4, 0.5) is 0 Å². The van der Waals surface area contributed by atoms with Gasteiger partial charge in [0.15, 0.2) is 0 Å². The van der Waals surface area contributed by atoms with Crippen molar-refractivity contribution < 1.29 is 14.3 Å². The van der Waals surface area contributed by atoms with Crippen molar-refractivity contribution in [3.05, 3.63) is 34.3 Å². The lowest BCUT2D eigenvalue weighted by Gasteiger charge is -2.39. The van der Waals surface area contributed by atoms with Crippen molar-refractivity contribution in [3.63, 3.8) is 0 Å². The van der Waals surface area contributed by atoms with E-state index in [1.165, 1.54) is 0 Å². The first-order valence-electron chi connectivity index (χ1n) is 7.64. The molecule has 0 N–H and O–H groups in total. The van der Waals surface area contributed by atoms with Gasteiger partial charge in [-0.05, 0) is 62.3 Å². The minimum absolute atomic E-state index is 0.0631. The van der Waals surface area contributed by atoms with Crippen molar-refractivity contribution in [2.45, 2.75) is 44.6 Å². The van der Waals surface area contributed by atoms with Gasteiger partial charge in [-0.3, -0.25) is 4.79 Å². The molecular formula is C17H19BrO3. The standard InChI is InChI=1S/C17H19BrO3/c18-13-9-7-12(8-10-13)17(20)21-15-6-2-4-11-3-1-5-14(19)16(11)15/h7-11,15-16H,1-6H2/t11-,15+,16+/m0/s1. The van der Waals surface area contributed by atoms with Gasteiger partial charge in [0.2, 0.25) is 0 Å². The van der Waals surface area contributed by atoms with Crippen LogP contribution in [0.15, 0.2) is 28.7 Å². The molecule has 0 aromatic heterocycles. The summed E-state index contributed by atoms with van der Waals surface area (Å²) in [4.78, 5) is 24.5. The molecule has 3 rings (SSSR count). The fourth-order valence-electron chi connectivity index (χ4n) is 3.67. The van der Waals surface area contributed by atoms with Crippen molar-refractivity contribution in [3.8, 4) is 0 Å². The predicted octanol–water partition coefficient (Wildman–Crippen LogP) is 4.14. The second-order valence-electron chi connectivity index (χ2n) is 6.03. The normalized spacial score (nSPS) is 28.8. The average Bonchev–Trinajstić information content (AvgIpc) is 2.48. The van der Waals surface area contributed by atoms with Gasteiger partial charge in [-0.25, -0.2) is 4.79 Å². The van der Waals surface area contributed by atoms with Crippen LogP contribution in [0.2, 0.25) is 0 Å². The van der Waals surface area contributed by atoms with Crippen molar-refractivity contribution in [1.82, 2.24) is 0 Å². The number of hydrogen-bond acceptors (Lipinski definition) is 3. The molecule has 2 aliphatic rings. The highest BCUT2D eigenvalue weighted by Gasteiger charge is 2.42. The van der Waals surface area contributed by atoms with Crippen LogP contribution in [0.25, 0.3) is 0 Å². The molecule has 1 aromatic carbocycles. The van der Waals surface area contributed by atoms with Crippen LogP contribution in [0.1, 0.15) is 48.9 Å². The highest BCUT2D eigenvalue weighted by molar-refractivity contribution is 9.10. The number of hydrogen-bond donors (Lipinski definition) is 0. The van der Waals surface area contributed by atoms with E-state index in [-0.39, 0.29) is 18.0 Å². The van der Waals surface area contributed by atoms with Crippen molar-refractivity contribution in [2.75, 3.05) is 0 Å². The zero-order chi connectivity index (χ0) is 14.8. The number of fused-ring (bicyclic) bond motifs is 1. The Kier molecular flexibility index (Phi) is 4.43. The van der Waals surface area contributed by atoms with Gasteiger partial charge in [0, 0.05) is 10.9 Å². The number of ether oxygens (including phenoxy) is 1. The summed E-state index contributed by atoms with van der Waals surface area (Å²) in [5.74, 6) is 0.334. The molecule has 2 fully saturated rings. The largest absolute Gasteiger partial charge is 0.458 e. The summed E-state index contributed by atoms with van der Waals surface area (Å²) in [6.45, 7) is 0. The first kappa shape index (κ1) is 14.8. The number of carbonyl (C=O) groups is 2. The summed E-state index contributed by atoms with van der Waals surface area (Å²) in [6, 6.07) is 7.14. The summed E-state index contributed by atoms with van der Waals surface area (Å²) in [5.41, 5.74) is 0.545. The van der Waals surface area contributed by atoms with E-state index in [9.17, 15) is 9.59 Å². The predicted molar refractivity (Wildman–Crippen MR) is 83.0 cm³/mol. The summed E-state index contributed by atoms with van der Waals surface area (Å²) in [6.07, 6.45) is 5.47. The van der Waals surface area contributed by atoms with E-state index >= 15 is 0 Å². The molecule has 3 nitrogen and oxygen atoms in total. The third-order valence-corrected chi connectivity index (χ3v) is 5.21. The van der Waals surface area contributed by atoms with E-state index in [1.807, 2.05) is 12.1 Å². The quantitative estimate of drug-likeness (QED) is 0.752. The van der Waals surface area contributed by atoms with Crippen LogP contribution in [0.3, 0.4) is 0 Å². The third-order valence-electron chi connectivity index (χ3n) is 4.68. The number of rotatable bonds is 2. The van der Waals surface area contributed by atoms with E-state index < -0.39 is 0 Å². The lowest BCUT2D eigenvalue weighted by atomic mass is 9.68. The van der Waals surface area contributed by atoms with Crippen LogP contribution >= 0.6 is 15.9 Å². The van der Waals surface area contributed by atoms with Crippen molar-refractivity contribution >= 4 is 27.7 Å². The van der Waals surface area contributed by atoms with Gasteiger partial charge in [-0.2, -0.15) is 0 Å². The summed E-state index contributed by atoms with van der Waals surface area (Å²) in [5, 5.41) is 0. The molecule has 3 atom stereocenters. The Labute approximate surface area is 133 Å². The smallest absolute Gasteiger partial charge is 0.338 e. The number of Topliss-reactive ketones (excluding diaryl/α,β-unsaturated/α-hetero) is 1. The minimum Gasteiger partial charge on any atom is -0.458 e. The molecule has 4 heteroatoms. The molecule has 0 amide bonds. The monoisotopic (exact) mass is 350 g/mol. The third kappa shape index (κ3) is 3.20. The molecule has 21 heavy (non-hydrogen) atoms. The van der Waals surface area contributed by atoms with Gasteiger partial charge in [0.1, 0.15) is 11.9 Å². The molecule has 0 spiro atoms. The maximum atomic E-state index is 12.3. The molecule has 1 aromatic rings. The minimum atomic E-state index is -0.313. The Hall–Kier alpha value is -1.16. The van der Waals surface area contributed by atoms with E-state index in [1.54, 1.807) is 12.1 Å². The van der Waals surface area contributed by atoms with Crippen molar-refractivity contribution in [2.24, 2.45) is 11.8 Å². The van der Waals surface area contributed by atoms with Gasteiger partial charge in [0.25, 0.3) is 0 Å². The molecule has 0 heterocycles. The summed E-state index contributed by atoms with van der Waals surface area (Å²) < 4.78 is 6.61. The van der Waals surface area contributed by atoms with E-state index in [4.69, 9.17) is 4.74 Å². The van der Waals surface area contributed by atoms with Gasteiger partial charge in [-0.15, -0.1) is 0 Å². The maximum absolute atomic E-state index is 12.3. The lowest BCUT2D eigenvalue weighted by molar-refractivity contribution is -0.134. The highest BCUT2D eigenvalue weighted by atomic mass is 79.9. The van der Waals surface area contributed by atoms with Crippen molar-refractivity contribution in [1.29, 1.82) is 0 Å². The maximum Gasteiger partial charge on any atom is 0.338 e. The molecule has 0 aliphatic heterocycles. The summed E-state index contributed by atoms with van der Waals surface area (Å²) >= 11 is 3.35.